The van der Waals surface area contributed by atoms with Crippen molar-refractivity contribution < 1.29 is 9.90 Å². The number of amides is 1. The van der Waals surface area contributed by atoms with Crippen molar-refractivity contribution in [2.24, 2.45) is 0 Å². The average molecular weight is 401 g/mol. The highest BCUT2D eigenvalue weighted by atomic mass is 16.3. The highest BCUT2D eigenvalue weighted by Gasteiger charge is 2.21. The zero-order valence-corrected chi connectivity index (χ0v) is 17.2. The van der Waals surface area contributed by atoms with Gasteiger partial charge in [0.2, 0.25) is 0 Å². The molecule has 30 heavy (non-hydrogen) atoms. The molecule has 0 spiro atoms. The fourth-order valence-corrected chi connectivity index (χ4v) is 3.49. The SMILES string of the molecule is CCn1ncc(CN(C)C(=O)c2nc(-c3ccccc3O)nc3ccccc23)c1C. The molecule has 2 aromatic heterocycles. The molecule has 0 atom stereocenters. The standard InChI is InChI=1S/C23H23N5O2/c1-4-28-15(2)16(13-24-28)14-27(3)23(30)21-17-9-5-7-11-19(17)25-22(26-21)18-10-6-8-12-20(18)29/h5-13,29H,4,14H2,1-3H3. The van der Waals surface area contributed by atoms with E-state index in [0.29, 0.717) is 34.5 Å². The summed E-state index contributed by atoms with van der Waals surface area (Å²) in [5, 5.41) is 15.3. The van der Waals surface area contributed by atoms with Crippen LogP contribution >= 0.6 is 0 Å². The highest BCUT2D eigenvalue weighted by Crippen LogP contribution is 2.28. The van der Waals surface area contributed by atoms with E-state index in [1.165, 1.54) is 0 Å². The maximum Gasteiger partial charge on any atom is 0.273 e. The Balaban J connectivity index is 1.76. The second-order valence-electron chi connectivity index (χ2n) is 7.16. The maximum absolute atomic E-state index is 13.4. The number of aromatic hydroxyl groups is 1. The van der Waals surface area contributed by atoms with Gasteiger partial charge >= 0.3 is 0 Å². The van der Waals surface area contributed by atoms with E-state index in [1.807, 2.05) is 42.8 Å². The number of para-hydroxylation sites is 2. The second-order valence-corrected chi connectivity index (χ2v) is 7.16. The van der Waals surface area contributed by atoms with Crippen molar-refractivity contribution >= 4 is 16.8 Å². The Morgan fingerprint density at radius 1 is 1.10 bits per heavy atom. The van der Waals surface area contributed by atoms with Gasteiger partial charge in [-0.2, -0.15) is 5.10 Å². The Bertz CT molecular complexity index is 1230. The van der Waals surface area contributed by atoms with Crippen LogP contribution in [-0.2, 0) is 13.1 Å². The van der Waals surface area contributed by atoms with Gasteiger partial charge in [-0.1, -0.05) is 30.3 Å². The highest BCUT2D eigenvalue weighted by molar-refractivity contribution is 6.04. The number of hydrogen-bond donors (Lipinski definition) is 1. The van der Waals surface area contributed by atoms with Crippen LogP contribution in [0.5, 0.6) is 5.75 Å². The summed E-state index contributed by atoms with van der Waals surface area (Å²) in [6.07, 6.45) is 1.80. The van der Waals surface area contributed by atoms with E-state index in [1.54, 1.807) is 42.4 Å². The quantitative estimate of drug-likeness (QED) is 0.550. The van der Waals surface area contributed by atoms with Crippen LogP contribution in [0, 0.1) is 6.92 Å². The van der Waals surface area contributed by atoms with Gasteiger partial charge in [-0.25, -0.2) is 9.97 Å². The summed E-state index contributed by atoms with van der Waals surface area (Å²) in [6, 6.07) is 14.3. The molecule has 1 N–H and O–H groups in total. The van der Waals surface area contributed by atoms with Crippen LogP contribution < -0.4 is 0 Å². The summed E-state index contributed by atoms with van der Waals surface area (Å²) in [6.45, 7) is 5.24. The van der Waals surface area contributed by atoms with Crippen LogP contribution in [0.2, 0.25) is 0 Å². The molecule has 4 rings (SSSR count). The van der Waals surface area contributed by atoms with Gasteiger partial charge in [0.25, 0.3) is 5.91 Å². The van der Waals surface area contributed by atoms with E-state index in [4.69, 9.17) is 0 Å². The topological polar surface area (TPSA) is 84.1 Å². The average Bonchev–Trinajstić information content (AvgIpc) is 3.12. The molecule has 0 bridgehead atoms. The summed E-state index contributed by atoms with van der Waals surface area (Å²) in [7, 11) is 1.75. The van der Waals surface area contributed by atoms with E-state index in [9.17, 15) is 9.90 Å². The number of benzene rings is 2. The molecule has 0 aliphatic rings. The fourth-order valence-electron chi connectivity index (χ4n) is 3.49. The third kappa shape index (κ3) is 3.50. The van der Waals surface area contributed by atoms with E-state index < -0.39 is 0 Å². The van der Waals surface area contributed by atoms with Gasteiger partial charge < -0.3 is 10.0 Å². The Hall–Kier alpha value is -3.74. The fraction of sp³-hybridized carbons (Fsp3) is 0.217. The molecule has 2 heterocycles. The van der Waals surface area contributed by atoms with Gasteiger partial charge in [0.1, 0.15) is 11.4 Å². The Kier molecular flexibility index (Phi) is 5.18. The summed E-state index contributed by atoms with van der Waals surface area (Å²) < 4.78 is 1.91. The number of aryl methyl sites for hydroxylation is 1. The lowest BCUT2D eigenvalue weighted by molar-refractivity contribution is 0.0781. The third-order valence-electron chi connectivity index (χ3n) is 5.21. The Labute approximate surface area is 174 Å². The smallest absolute Gasteiger partial charge is 0.273 e. The van der Waals surface area contributed by atoms with Gasteiger partial charge in [-0.15, -0.1) is 0 Å². The minimum Gasteiger partial charge on any atom is -0.507 e. The normalized spacial score (nSPS) is 11.0. The minimum atomic E-state index is -0.214. The molecule has 0 saturated heterocycles. The first kappa shape index (κ1) is 19.6. The van der Waals surface area contributed by atoms with Crippen molar-refractivity contribution in [1.29, 1.82) is 0 Å². The molecular weight excluding hydrogens is 378 g/mol. The monoisotopic (exact) mass is 401 g/mol. The van der Waals surface area contributed by atoms with Gasteiger partial charge in [0, 0.05) is 36.8 Å². The zero-order valence-electron chi connectivity index (χ0n) is 17.2. The maximum atomic E-state index is 13.4. The van der Waals surface area contributed by atoms with Crippen molar-refractivity contribution in [3.05, 3.63) is 71.7 Å². The number of nitrogens with zero attached hydrogens (tertiary/aromatic N) is 5. The van der Waals surface area contributed by atoms with Crippen molar-refractivity contribution in [3.63, 3.8) is 0 Å². The number of phenols is 1. The first-order chi connectivity index (χ1) is 14.5. The van der Waals surface area contributed by atoms with Crippen LogP contribution in [0.1, 0.15) is 28.7 Å². The van der Waals surface area contributed by atoms with Crippen molar-refractivity contribution in [1.82, 2.24) is 24.6 Å². The number of fused-ring (bicyclic) bond motifs is 1. The predicted molar refractivity (Wildman–Crippen MR) is 115 cm³/mol. The van der Waals surface area contributed by atoms with Crippen LogP contribution in [0.15, 0.2) is 54.7 Å². The van der Waals surface area contributed by atoms with Gasteiger partial charge in [-0.3, -0.25) is 9.48 Å². The van der Waals surface area contributed by atoms with E-state index >= 15 is 0 Å². The van der Waals surface area contributed by atoms with Gasteiger partial charge in [0.15, 0.2) is 5.82 Å². The summed E-state index contributed by atoms with van der Waals surface area (Å²) in [5.74, 6) is 0.176. The number of carbonyl (C=O) groups excluding carboxylic acids is 1. The summed E-state index contributed by atoms with van der Waals surface area (Å²) in [5.41, 5.74) is 3.48. The van der Waals surface area contributed by atoms with E-state index in [-0.39, 0.29) is 11.7 Å². The number of aromatic nitrogens is 4. The second kappa shape index (κ2) is 7.94. The lowest BCUT2D eigenvalue weighted by Crippen LogP contribution is -2.27. The Morgan fingerprint density at radius 3 is 2.57 bits per heavy atom. The Morgan fingerprint density at radius 2 is 1.83 bits per heavy atom. The molecule has 0 aliphatic heterocycles. The molecule has 152 valence electrons. The lowest BCUT2D eigenvalue weighted by atomic mass is 10.1. The summed E-state index contributed by atoms with van der Waals surface area (Å²) >= 11 is 0. The molecule has 7 nitrogen and oxygen atoms in total. The van der Waals surface area contributed by atoms with Gasteiger partial charge in [0.05, 0.1) is 17.3 Å². The number of hydrogen-bond acceptors (Lipinski definition) is 5. The predicted octanol–water partition coefficient (Wildman–Crippen LogP) is 3.80. The molecule has 1 amide bonds. The molecule has 0 unspecified atom stereocenters. The number of phenolic OH excluding ortho intramolecular Hbond substituents is 1. The van der Waals surface area contributed by atoms with Crippen LogP contribution in [0.25, 0.3) is 22.3 Å². The molecule has 0 fully saturated rings. The molecule has 7 heteroatoms. The molecule has 2 aromatic carbocycles. The third-order valence-corrected chi connectivity index (χ3v) is 5.21. The molecular formula is C23H23N5O2. The van der Waals surface area contributed by atoms with E-state index in [0.717, 1.165) is 17.8 Å². The number of carbonyl (C=O) groups is 1. The van der Waals surface area contributed by atoms with Crippen molar-refractivity contribution in [2.45, 2.75) is 26.9 Å². The van der Waals surface area contributed by atoms with Crippen molar-refractivity contribution in [3.8, 4) is 17.1 Å². The molecule has 0 radical (unpaired) electrons. The van der Waals surface area contributed by atoms with Crippen molar-refractivity contribution in [2.75, 3.05) is 7.05 Å². The largest absolute Gasteiger partial charge is 0.507 e. The first-order valence-corrected chi connectivity index (χ1v) is 9.81. The number of rotatable bonds is 5. The first-order valence-electron chi connectivity index (χ1n) is 9.81. The lowest BCUT2D eigenvalue weighted by Gasteiger charge is -2.18. The van der Waals surface area contributed by atoms with Gasteiger partial charge in [-0.05, 0) is 32.0 Å². The minimum absolute atomic E-state index is 0.0714. The molecule has 0 aliphatic carbocycles. The molecule has 4 aromatic rings. The molecule has 0 saturated carbocycles. The van der Waals surface area contributed by atoms with Crippen LogP contribution in [0.4, 0.5) is 0 Å². The summed E-state index contributed by atoms with van der Waals surface area (Å²) in [4.78, 5) is 24.1. The van der Waals surface area contributed by atoms with Crippen LogP contribution in [0.3, 0.4) is 0 Å². The van der Waals surface area contributed by atoms with Crippen LogP contribution in [-0.4, -0.2) is 42.7 Å². The van der Waals surface area contributed by atoms with E-state index in [2.05, 4.69) is 15.1 Å². The zero-order chi connectivity index (χ0) is 21.3.